The Morgan fingerprint density at radius 1 is 1.43 bits per heavy atom. The predicted octanol–water partition coefficient (Wildman–Crippen LogP) is 0.0461. The van der Waals surface area contributed by atoms with Gasteiger partial charge in [0.05, 0.1) is 13.2 Å². The topological polar surface area (TPSA) is 61.8 Å². The molecule has 1 saturated heterocycles. The third kappa shape index (κ3) is 2.56. The van der Waals surface area contributed by atoms with Crippen molar-refractivity contribution >= 4 is 11.9 Å². The average Bonchev–Trinajstić information content (AvgIpc) is 2.14. The Bertz CT molecular complexity index is 248. The molecule has 0 spiro atoms. The summed E-state index contributed by atoms with van der Waals surface area (Å²) in [7, 11) is 0. The lowest BCUT2D eigenvalue weighted by Gasteiger charge is -2.24. The van der Waals surface area contributed by atoms with Gasteiger partial charge in [-0.2, -0.15) is 0 Å². The first-order valence-electron chi connectivity index (χ1n) is 4.24. The van der Waals surface area contributed by atoms with Gasteiger partial charge in [0.15, 0.2) is 6.10 Å². The summed E-state index contributed by atoms with van der Waals surface area (Å²) in [5, 5.41) is 0. The SMILES string of the molecule is C=CCOCC1OC(=O)C(C)OC1=O. The number of carbonyl (C=O) groups is 2. The summed E-state index contributed by atoms with van der Waals surface area (Å²) in [6, 6.07) is 0. The van der Waals surface area contributed by atoms with E-state index in [0.29, 0.717) is 6.61 Å². The Morgan fingerprint density at radius 2 is 2.14 bits per heavy atom. The smallest absolute Gasteiger partial charge is 0.350 e. The number of rotatable bonds is 4. The molecule has 0 bridgehead atoms. The lowest BCUT2D eigenvalue weighted by atomic mass is 10.3. The van der Waals surface area contributed by atoms with E-state index in [2.05, 4.69) is 6.58 Å². The molecule has 1 heterocycles. The van der Waals surface area contributed by atoms with Crippen LogP contribution in [0.2, 0.25) is 0 Å². The number of hydrogen-bond acceptors (Lipinski definition) is 5. The third-order valence-electron chi connectivity index (χ3n) is 1.65. The summed E-state index contributed by atoms with van der Waals surface area (Å²) in [5.41, 5.74) is 0. The second kappa shape index (κ2) is 4.76. The van der Waals surface area contributed by atoms with Crippen molar-refractivity contribution in [3.05, 3.63) is 12.7 Å². The van der Waals surface area contributed by atoms with Crippen molar-refractivity contribution in [3.8, 4) is 0 Å². The first kappa shape index (κ1) is 10.7. The Balaban J connectivity index is 2.41. The predicted molar refractivity (Wildman–Crippen MR) is 46.5 cm³/mol. The summed E-state index contributed by atoms with van der Waals surface area (Å²) in [5.74, 6) is -1.11. The van der Waals surface area contributed by atoms with E-state index in [1.165, 1.54) is 6.92 Å². The molecule has 0 aromatic rings. The van der Waals surface area contributed by atoms with Crippen molar-refractivity contribution in [1.82, 2.24) is 0 Å². The fraction of sp³-hybridized carbons (Fsp3) is 0.556. The van der Waals surface area contributed by atoms with Crippen molar-refractivity contribution in [1.29, 1.82) is 0 Å². The molecule has 0 saturated carbocycles. The van der Waals surface area contributed by atoms with Crippen LogP contribution < -0.4 is 0 Å². The highest BCUT2D eigenvalue weighted by Crippen LogP contribution is 2.10. The Morgan fingerprint density at radius 3 is 2.79 bits per heavy atom. The molecule has 0 aromatic carbocycles. The van der Waals surface area contributed by atoms with Crippen LogP contribution in [0, 0.1) is 0 Å². The number of carbonyl (C=O) groups excluding carboxylic acids is 2. The van der Waals surface area contributed by atoms with Crippen LogP contribution in [0.5, 0.6) is 0 Å². The highest BCUT2D eigenvalue weighted by Gasteiger charge is 2.35. The number of ether oxygens (including phenoxy) is 3. The van der Waals surface area contributed by atoms with E-state index in [4.69, 9.17) is 14.2 Å². The molecular formula is C9H12O5. The Hall–Kier alpha value is -1.36. The lowest BCUT2D eigenvalue weighted by molar-refractivity contribution is -0.197. The maximum atomic E-state index is 11.1. The lowest BCUT2D eigenvalue weighted by Crippen LogP contribution is -2.44. The molecule has 0 amide bonds. The van der Waals surface area contributed by atoms with Crippen LogP contribution in [0.1, 0.15) is 6.92 Å². The highest BCUT2D eigenvalue weighted by molar-refractivity contribution is 5.87. The van der Waals surface area contributed by atoms with E-state index in [0.717, 1.165) is 0 Å². The molecule has 5 heteroatoms. The first-order valence-corrected chi connectivity index (χ1v) is 4.24. The molecule has 78 valence electrons. The monoisotopic (exact) mass is 200 g/mol. The number of cyclic esters (lactones) is 2. The highest BCUT2D eigenvalue weighted by atomic mass is 16.7. The molecule has 0 radical (unpaired) electrons. The second-order valence-electron chi connectivity index (χ2n) is 2.83. The van der Waals surface area contributed by atoms with Crippen LogP contribution in [0.3, 0.4) is 0 Å². The van der Waals surface area contributed by atoms with Gasteiger partial charge in [-0.3, -0.25) is 0 Å². The fourth-order valence-corrected chi connectivity index (χ4v) is 0.943. The summed E-state index contributed by atoms with van der Waals surface area (Å²) in [4.78, 5) is 22.1. The zero-order valence-electron chi connectivity index (χ0n) is 7.89. The quantitative estimate of drug-likeness (QED) is 0.364. The van der Waals surface area contributed by atoms with Gasteiger partial charge in [-0.15, -0.1) is 6.58 Å². The summed E-state index contributed by atoms with van der Waals surface area (Å²) < 4.78 is 14.5. The summed E-state index contributed by atoms with van der Waals surface area (Å²) in [6.45, 7) is 5.21. The van der Waals surface area contributed by atoms with E-state index >= 15 is 0 Å². The van der Waals surface area contributed by atoms with Crippen LogP contribution in [0.25, 0.3) is 0 Å². The molecule has 1 rings (SSSR count). The maximum absolute atomic E-state index is 11.1. The van der Waals surface area contributed by atoms with Gasteiger partial charge in [0.1, 0.15) is 0 Å². The van der Waals surface area contributed by atoms with E-state index in [1.54, 1.807) is 6.08 Å². The van der Waals surface area contributed by atoms with E-state index in [9.17, 15) is 9.59 Å². The van der Waals surface area contributed by atoms with Crippen LogP contribution in [0.4, 0.5) is 0 Å². The van der Waals surface area contributed by atoms with E-state index in [1.807, 2.05) is 0 Å². The minimum atomic E-state index is -0.946. The molecule has 2 unspecified atom stereocenters. The third-order valence-corrected chi connectivity index (χ3v) is 1.65. The van der Waals surface area contributed by atoms with Crippen molar-refractivity contribution in [2.45, 2.75) is 19.1 Å². The summed E-state index contributed by atoms with van der Waals surface area (Å²) >= 11 is 0. The molecule has 1 aliphatic heterocycles. The van der Waals surface area contributed by atoms with Crippen molar-refractivity contribution in [2.75, 3.05) is 13.2 Å². The van der Waals surface area contributed by atoms with Crippen molar-refractivity contribution < 1.29 is 23.8 Å². The molecule has 0 aromatic heterocycles. The standard InChI is InChI=1S/C9H12O5/c1-3-4-12-5-7-9(11)13-6(2)8(10)14-7/h3,6-7H,1,4-5H2,2H3. The van der Waals surface area contributed by atoms with Gasteiger partial charge < -0.3 is 14.2 Å². The zero-order chi connectivity index (χ0) is 10.6. The van der Waals surface area contributed by atoms with Gasteiger partial charge >= 0.3 is 11.9 Å². The van der Waals surface area contributed by atoms with Crippen LogP contribution >= 0.6 is 0 Å². The van der Waals surface area contributed by atoms with Crippen LogP contribution in [0.15, 0.2) is 12.7 Å². The van der Waals surface area contributed by atoms with Gasteiger partial charge in [-0.25, -0.2) is 9.59 Å². The van der Waals surface area contributed by atoms with E-state index in [-0.39, 0.29) is 6.61 Å². The normalized spacial score (nSPS) is 26.6. The van der Waals surface area contributed by atoms with Crippen molar-refractivity contribution in [2.24, 2.45) is 0 Å². The van der Waals surface area contributed by atoms with Crippen LogP contribution in [-0.2, 0) is 23.8 Å². The largest absolute Gasteiger partial charge is 0.448 e. The molecule has 14 heavy (non-hydrogen) atoms. The number of esters is 2. The molecule has 1 aliphatic rings. The Labute approximate surface area is 81.6 Å². The van der Waals surface area contributed by atoms with Gasteiger partial charge in [-0.1, -0.05) is 6.08 Å². The van der Waals surface area contributed by atoms with Gasteiger partial charge in [0, 0.05) is 0 Å². The maximum Gasteiger partial charge on any atom is 0.350 e. The second-order valence-corrected chi connectivity index (χ2v) is 2.83. The molecule has 0 N–H and O–H groups in total. The van der Waals surface area contributed by atoms with Crippen LogP contribution in [-0.4, -0.2) is 37.4 Å². The number of hydrogen-bond donors (Lipinski definition) is 0. The first-order chi connectivity index (χ1) is 6.65. The summed E-state index contributed by atoms with van der Waals surface area (Å²) in [6.07, 6.45) is -0.227. The molecule has 5 nitrogen and oxygen atoms in total. The zero-order valence-corrected chi connectivity index (χ0v) is 7.89. The minimum absolute atomic E-state index is 0.00329. The minimum Gasteiger partial charge on any atom is -0.448 e. The average molecular weight is 200 g/mol. The Kier molecular flexibility index (Phi) is 3.64. The van der Waals surface area contributed by atoms with Gasteiger partial charge in [0.2, 0.25) is 6.10 Å². The van der Waals surface area contributed by atoms with Crippen molar-refractivity contribution in [3.63, 3.8) is 0 Å². The molecule has 1 fully saturated rings. The molecular weight excluding hydrogens is 188 g/mol. The fourth-order valence-electron chi connectivity index (χ4n) is 0.943. The molecule has 0 aliphatic carbocycles. The van der Waals surface area contributed by atoms with Gasteiger partial charge in [-0.05, 0) is 6.92 Å². The molecule has 2 atom stereocenters. The van der Waals surface area contributed by atoms with Gasteiger partial charge in [0.25, 0.3) is 0 Å². The van der Waals surface area contributed by atoms with E-state index < -0.39 is 24.1 Å².